The minimum atomic E-state index is -0.457. The number of para-hydroxylation sites is 1. The molecule has 1 fully saturated rings. The van der Waals surface area contributed by atoms with Gasteiger partial charge in [-0.3, -0.25) is 4.79 Å². The lowest BCUT2D eigenvalue weighted by atomic mass is 9.97. The van der Waals surface area contributed by atoms with E-state index in [2.05, 4.69) is 5.10 Å². The third-order valence-corrected chi connectivity index (χ3v) is 4.82. The van der Waals surface area contributed by atoms with Crippen LogP contribution in [0.5, 0.6) is 0 Å². The molecule has 2 atom stereocenters. The number of ether oxygens (including phenoxy) is 1. The molecule has 138 valence electrons. The van der Waals surface area contributed by atoms with Crippen LogP contribution in [0.15, 0.2) is 73.1 Å². The van der Waals surface area contributed by atoms with Crippen LogP contribution in [-0.2, 0) is 4.74 Å². The summed E-state index contributed by atoms with van der Waals surface area (Å²) in [5.41, 5.74) is 2.24. The number of morpholine rings is 1. The first-order chi connectivity index (χ1) is 13.3. The van der Waals surface area contributed by atoms with Crippen LogP contribution in [0.3, 0.4) is 0 Å². The van der Waals surface area contributed by atoms with Crippen molar-refractivity contribution in [3.8, 4) is 5.69 Å². The number of aliphatic hydroxyl groups is 1. The Morgan fingerprint density at radius 3 is 2.63 bits per heavy atom. The Balaban J connectivity index is 1.74. The van der Waals surface area contributed by atoms with Crippen molar-refractivity contribution in [2.75, 3.05) is 19.8 Å². The highest BCUT2D eigenvalue weighted by Gasteiger charge is 2.37. The van der Waals surface area contributed by atoms with Gasteiger partial charge < -0.3 is 14.7 Å². The van der Waals surface area contributed by atoms with Crippen LogP contribution in [0.2, 0.25) is 0 Å². The van der Waals surface area contributed by atoms with E-state index in [1.54, 1.807) is 15.8 Å². The van der Waals surface area contributed by atoms with Crippen molar-refractivity contribution in [2.45, 2.75) is 12.1 Å². The summed E-state index contributed by atoms with van der Waals surface area (Å²) in [5.74, 6) is -0.100. The van der Waals surface area contributed by atoms with E-state index >= 15 is 0 Å². The highest BCUT2D eigenvalue weighted by molar-refractivity contribution is 5.98. The van der Waals surface area contributed by atoms with Crippen LogP contribution in [0.25, 0.3) is 5.69 Å². The largest absolute Gasteiger partial charge is 0.394 e. The smallest absolute Gasteiger partial charge is 0.256 e. The van der Waals surface area contributed by atoms with Crippen molar-refractivity contribution >= 4 is 5.91 Å². The predicted molar refractivity (Wildman–Crippen MR) is 101 cm³/mol. The van der Waals surface area contributed by atoms with Gasteiger partial charge in [0.25, 0.3) is 5.91 Å². The van der Waals surface area contributed by atoms with Gasteiger partial charge in [-0.1, -0.05) is 42.5 Å². The van der Waals surface area contributed by atoms with Crippen LogP contribution in [0.1, 0.15) is 22.0 Å². The molecule has 3 aromatic rings. The number of rotatable bonds is 4. The third kappa shape index (κ3) is 3.37. The topological polar surface area (TPSA) is 67.6 Å². The molecule has 6 nitrogen and oxygen atoms in total. The van der Waals surface area contributed by atoms with Crippen LogP contribution < -0.4 is 0 Å². The molecule has 1 aliphatic rings. The van der Waals surface area contributed by atoms with Crippen molar-refractivity contribution in [1.29, 1.82) is 0 Å². The number of hydrogen-bond donors (Lipinski definition) is 1. The highest BCUT2D eigenvalue weighted by atomic mass is 16.5. The molecule has 6 heteroatoms. The summed E-state index contributed by atoms with van der Waals surface area (Å²) in [7, 11) is 0. The summed E-state index contributed by atoms with van der Waals surface area (Å²) in [6.45, 7) is 0.705. The Bertz CT molecular complexity index is 896. The first-order valence-electron chi connectivity index (χ1n) is 8.97. The summed E-state index contributed by atoms with van der Waals surface area (Å²) in [4.78, 5) is 15.3. The number of carbonyl (C=O) groups is 1. The SMILES string of the molecule is O=C(c1ccccc1-n1cccn1)N1CCO[C@@H](CO)[C@@H]1c1ccccc1. The van der Waals surface area contributed by atoms with E-state index in [4.69, 9.17) is 4.74 Å². The molecular formula is C21H21N3O3. The summed E-state index contributed by atoms with van der Waals surface area (Å²) >= 11 is 0. The van der Waals surface area contributed by atoms with Crippen LogP contribution in [0.4, 0.5) is 0 Å². The van der Waals surface area contributed by atoms with Gasteiger partial charge in [-0.25, -0.2) is 4.68 Å². The molecule has 0 spiro atoms. The normalized spacial score (nSPS) is 19.8. The van der Waals surface area contributed by atoms with Gasteiger partial charge in [0, 0.05) is 18.9 Å². The molecule has 1 aromatic heterocycles. The highest BCUT2D eigenvalue weighted by Crippen LogP contribution is 2.31. The van der Waals surface area contributed by atoms with Gasteiger partial charge in [0.05, 0.1) is 30.5 Å². The number of hydrogen-bond acceptors (Lipinski definition) is 4. The predicted octanol–water partition coefficient (Wildman–Crippen LogP) is 2.45. The molecule has 0 aliphatic carbocycles. The standard InChI is InChI=1S/C21H21N3O3/c25-15-19-20(16-7-2-1-3-8-16)23(13-14-27-19)21(26)17-9-4-5-10-18(17)24-12-6-11-22-24/h1-12,19-20,25H,13-15H2/t19-,20-/m0/s1. The van der Waals surface area contributed by atoms with Crippen molar-refractivity contribution in [2.24, 2.45) is 0 Å². The second-order valence-electron chi connectivity index (χ2n) is 6.41. The lowest BCUT2D eigenvalue weighted by molar-refractivity contribution is -0.0811. The fourth-order valence-electron chi connectivity index (χ4n) is 3.58. The van der Waals surface area contributed by atoms with Gasteiger partial charge in [-0.15, -0.1) is 0 Å². The van der Waals surface area contributed by atoms with Gasteiger partial charge in [-0.2, -0.15) is 5.10 Å². The minimum Gasteiger partial charge on any atom is -0.394 e. The zero-order valence-corrected chi connectivity index (χ0v) is 14.8. The Morgan fingerprint density at radius 2 is 1.89 bits per heavy atom. The summed E-state index contributed by atoms with van der Waals surface area (Å²) in [6.07, 6.45) is 3.04. The molecule has 1 saturated heterocycles. The molecule has 4 rings (SSSR count). The molecule has 0 unspecified atom stereocenters. The molecule has 27 heavy (non-hydrogen) atoms. The number of benzene rings is 2. The van der Waals surface area contributed by atoms with E-state index in [-0.39, 0.29) is 18.6 Å². The molecule has 2 heterocycles. The quantitative estimate of drug-likeness (QED) is 0.773. The molecular weight excluding hydrogens is 342 g/mol. The van der Waals surface area contributed by atoms with Gasteiger partial charge >= 0.3 is 0 Å². The Kier molecular flexibility index (Phi) is 5.00. The van der Waals surface area contributed by atoms with E-state index in [0.717, 1.165) is 11.3 Å². The fraction of sp³-hybridized carbons (Fsp3) is 0.238. The Hall–Kier alpha value is -2.96. The zero-order valence-electron chi connectivity index (χ0n) is 14.8. The molecule has 0 saturated carbocycles. The average Bonchev–Trinajstić information content (AvgIpc) is 3.28. The lowest BCUT2D eigenvalue weighted by Gasteiger charge is -2.41. The monoisotopic (exact) mass is 363 g/mol. The first kappa shape index (κ1) is 17.5. The zero-order chi connectivity index (χ0) is 18.6. The fourth-order valence-corrected chi connectivity index (χ4v) is 3.58. The molecule has 1 amide bonds. The molecule has 1 aliphatic heterocycles. The van der Waals surface area contributed by atoms with Crippen LogP contribution in [-0.4, -0.2) is 51.6 Å². The number of carbonyl (C=O) groups excluding carboxylic acids is 1. The van der Waals surface area contributed by atoms with E-state index in [1.807, 2.05) is 66.9 Å². The number of aromatic nitrogens is 2. The molecule has 0 bridgehead atoms. The van der Waals surface area contributed by atoms with Gasteiger partial charge in [-0.05, 0) is 23.8 Å². The Labute approximate surface area is 157 Å². The maximum Gasteiger partial charge on any atom is 0.256 e. The number of nitrogens with zero attached hydrogens (tertiary/aromatic N) is 3. The van der Waals surface area contributed by atoms with Gasteiger partial charge in [0.2, 0.25) is 0 Å². The van der Waals surface area contributed by atoms with E-state index in [1.165, 1.54) is 0 Å². The van der Waals surface area contributed by atoms with Crippen molar-refractivity contribution in [3.05, 3.63) is 84.2 Å². The van der Waals surface area contributed by atoms with Gasteiger partial charge in [0.1, 0.15) is 6.10 Å². The second kappa shape index (κ2) is 7.73. The third-order valence-electron chi connectivity index (χ3n) is 4.82. The van der Waals surface area contributed by atoms with Crippen molar-refractivity contribution in [1.82, 2.24) is 14.7 Å². The molecule has 1 N–H and O–H groups in total. The Morgan fingerprint density at radius 1 is 1.11 bits per heavy atom. The average molecular weight is 363 g/mol. The minimum absolute atomic E-state index is 0.100. The second-order valence-corrected chi connectivity index (χ2v) is 6.41. The molecule has 2 aromatic carbocycles. The summed E-state index contributed by atoms with van der Waals surface area (Å²) < 4.78 is 7.44. The van der Waals surface area contributed by atoms with Gasteiger partial charge in [0.15, 0.2) is 0 Å². The van der Waals surface area contributed by atoms with E-state index in [0.29, 0.717) is 18.7 Å². The molecule has 0 radical (unpaired) electrons. The van der Waals surface area contributed by atoms with E-state index < -0.39 is 6.10 Å². The maximum absolute atomic E-state index is 13.5. The van der Waals surface area contributed by atoms with Crippen molar-refractivity contribution in [3.63, 3.8) is 0 Å². The maximum atomic E-state index is 13.5. The lowest BCUT2D eigenvalue weighted by Crippen LogP contribution is -2.49. The van der Waals surface area contributed by atoms with Crippen molar-refractivity contribution < 1.29 is 14.6 Å². The number of aliphatic hydroxyl groups excluding tert-OH is 1. The van der Waals surface area contributed by atoms with Crippen LogP contribution in [0, 0.1) is 0 Å². The first-order valence-corrected chi connectivity index (χ1v) is 8.97. The number of amides is 1. The summed E-state index contributed by atoms with van der Waals surface area (Å²) in [6, 6.07) is 18.6. The van der Waals surface area contributed by atoms with E-state index in [9.17, 15) is 9.90 Å². The summed E-state index contributed by atoms with van der Waals surface area (Å²) in [5, 5.41) is 14.1. The van der Waals surface area contributed by atoms with Crippen LogP contribution >= 0.6 is 0 Å².